The Bertz CT molecular complexity index is 695. The molecule has 1 aromatic carbocycles. The highest BCUT2D eigenvalue weighted by Crippen LogP contribution is 2.32. The first kappa shape index (κ1) is 13.6. The van der Waals surface area contributed by atoms with Crippen molar-refractivity contribution in [3.8, 4) is 10.4 Å². The molecule has 1 atom stereocenters. The summed E-state index contributed by atoms with van der Waals surface area (Å²) in [5.41, 5.74) is 1.15. The zero-order valence-electron chi connectivity index (χ0n) is 11.2. The van der Waals surface area contributed by atoms with E-state index in [4.69, 9.17) is 0 Å². The fourth-order valence-corrected chi connectivity index (χ4v) is 4.52. The Hall–Kier alpha value is -1.40. The van der Waals surface area contributed by atoms with E-state index in [1.165, 1.54) is 0 Å². The van der Waals surface area contributed by atoms with Gasteiger partial charge in [0.05, 0.1) is 15.9 Å². The van der Waals surface area contributed by atoms with Crippen molar-refractivity contribution in [2.75, 3.05) is 23.7 Å². The molecule has 4 nitrogen and oxygen atoms in total. The third-order valence-corrected chi connectivity index (χ3v) is 6.79. The third-order valence-electron chi connectivity index (χ3n) is 3.56. The van der Waals surface area contributed by atoms with Crippen molar-refractivity contribution < 1.29 is 8.42 Å². The highest BCUT2D eigenvalue weighted by atomic mass is 32.2. The van der Waals surface area contributed by atoms with Crippen LogP contribution in [0.25, 0.3) is 10.4 Å². The van der Waals surface area contributed by atoms with E-state index in [2.05, 4.69) is 22.0 Å². The van der Waals surface area contributed by atoms with Crippen LogP contribution in [-0.4, -0.2) is 37.5 Å². The molecule has 3 rings (SSSR count). The van der Waals surface area contributed by atoms with Crippen molar-refractivity contribution in [3.05, 3.63) is 36.5 Å². The SMILES string of the molecule is C[C@@H]1CN(c2ncc(-c3ccccc3)s2)CCS1(=O)=O. The molecule has 0 aliphatic carbocycles. The standard InChI is InChI=1S/C14H16N2O2S2/c1-11-10-16(7-8-20(11,17)18)14-15-9-13(19-14)12-5-3-2-4-6-12/h2-6,9,11H,7-8,10H2,1H3/t11-/m1/s1. The van der Waals surface area contributed by atoms with Crippen molar-refractivity contribution in [1.82, 2.24) is 4.98 Å². The second-order valence-electron chi connectivity index (χ2n) is 5.00. The van der Waals surface area contributed by atoms with Crippen LogP contribution in [0.15, 0.2) is 36.5 Å². The number of benzene rings is 1. The van der Waals surface area contributed by atoms with Gasteiger partial charge in [-0.2, -0.15) is 0 Å². The second kappa shape index (κ2) is 5.18. The van der Waals surface area contributed by atoms with Gasteiger partial charge in [0.15, 0.2) is 15.0 Å². The second-order valence-corrected chi connectivity index (χ2v) is 8.54. The Labute approximate surface area is 123 Å². The van der Waals surface area contributed by atoms with E-state index >= 15 is 0 Å². The van der Waals surface area contributed by atoms with Crippen molar-refractivity contribution in [2.45, 2.75) is 12.2 Å². The van der Waals surface area contributed by atoms with Crippen molar-refractivity contribution in [3.63, 3.8) is 0 Å². The van der Waals surface area contributed by atoms with Crippen LogP contribution < -0.4 is 4.90 Å². The molecule has 1 fully saturated rings. The first-order valence-corrected chi connectivity index (χ1v) is 9.07. The Morgan fingerprint density at radius 1 is 1.30 bits per heavy atom. The zero-order chi connectivity index (χ0) is 14.2. The van der Waals surface area contributed by atoms with Crippen LogP contribution in [0.3, 0.4) is 0 Å². The number of anilines is 1. The first-order chi connectivity index (χ1) is 9.56. The highest BCUT2D eigenvalue weighted by molar-refractivity contribution is 7.92. The maximum absolute atomic E-state index is 11.7. The summed E-state index contributed by atoms with van der Waals surface area (Å²) >= 11 is 1.61. The van der Waals surface area contributed by atoms with E-state index in [0.717, 1.165) is 15.6 Å². The van der Waals surface area contributed by atoms with Crippen LogP contribution in [0.5, 0.6) is 0 Å². The van der Waals surface area contributed by atoms with Crippen LogP contribution in [-0.2, 0) is 9.84 Å². The van der Waals surface area contributed by atoms with Crippen LogP contribution in [0.1, 0.15) is 6.92 Å². The minimum absolute atomic E-state index is 0.217. The summed E-state index contributed by atoms with van der Waals surface area (Å²) < 4.78 is 23.5. The minimum atomic E-state index is -2.91. The average Bonchev–Trinajstić information content (AvgIpc) is 2.93. The predicted octanol–water partition coefficient (Wildman–Crippen LogP) is 2.43. The normalized spacial score (nSPS) is 21.9. The van der Waals surface area contributed by atoms with Gasteiger partial charge in [0.2, 0.25) is 0 Å². The van der Waals surface area contributed by atoms with Gasteiger partial charge in [-0.1, -0.05) is 41.7 Å². The summed E-state index contributed by atoms with van der Waals surface area (Å²) in [5.74, 6) is 0.217. The van der Waals surface area contributed by atoms with E-state index in [0.29, 0.717) is 13.1 Å². The van der Waals surface area contributed by atoms with Crippen molar-refractivity contribution in [2.24, 2.45) is 0 Å². The molecule has 1 aromatic heterocycles. The van der Waals surface area contributed by atoms with Crippen LogP contribution >= 0.6 is 11.3 Å². The highest BCUT2D eigenvalue weighted by Gasteiger charge is 2.30. The van der Waals surface area contributed by atoms with E-state index in [1.807, 2.05) is 24.4 Å². The lowest BCUT2D eigenvalue weighted by Gasteiger charge is -2.30. The van der Waals surface area contributed by atoms with E-state index in [1.54, 1.807) is 18.3 Å². The predicted molar refractivity (Wildman–Crippen MR) is 83.0 cm³/mol. The Morgan fingerprint density at radius 3 is 2.75 bits per heavy atom. The molecule has 0 saturated carbocycles. The van der Waals surface area contributed by atoms with E-state index < -0.39 is 9.84 Å². The van der Waals surface area contributed by atoms with Crippen molar-refractivity contribution in [1.29, 1.82) is 0 Å². The topological polar surface area (TPSA) is 50.3 Å². The largest absolute Gasteiger partial charge is 0.346 e. The molecule has 106 valence electrons. The molecule has 1 aliphatic rings. The number of aromatic nitrogens is 1. The Balaban J connectivity index is 1.82. The van der Waals surface area contributed by atoms with E-state index in [9.17, 15) is 8.42 Å². The summed E-state index contributed by atoms with van der Waals surface area (Å²) in [6.07, 6.45) is 1.86. The fraction of sp³-hybridized carbons (Fsp3) is 0.357. The maximum Gasteiger partial charge on any atom is 0.185 e. The molecule has 0 amide bonds. The molecule has 6 heteroatoms. The van der Waals surface area contributed by atoms with Crippen LogP contribution in [0.2, 0.25) is 0 Å². The lowest BCUT2D eigenvalue weighted by atomic mass is 10.2. The van der Waals surface area contributed by atoms with Crippen LogP contribution in [0, 0.1) is 0 Å². The summed E-state index contributed by atoms with van der Waals surface area (Å²) in [4.78, 5) is 7.63. The molecule has 0 radical (unpaired) electrons. The van der Waals surface area contributed by atoms with Gasteiger partial charge >= 0.3 is 0 Å². The summed E-state index contributed by atoms with van der Waals surface area (Å²) in [6, 6.07) is 10.1. The molecule has 2 heterocycles. The third kappa shape index (κ3) is 2.58. The van der Waals surface area contributed by atoms with Gasteiger partial charge in [-0.15, -0.1) is 0 Å². The van der Waals surface area contributed by atoms with Gasteiger partial charge in [-0.05, 0) is 12.5 Å². The number of rotatable bonds is 2. The molecule has 2 aromatic rings. The number of hydrogen-bond acceptors (Lipinski definition) is 5. The number of sulfone groups is 1. The first-order valence-electron chi connectivity index (χ1n) is 6.54. The Kier molecular flexibility index (Phi) is 3.52. The number of thiazole rings is 1. The van der Waals surface area contributed by atoms with Crippen LogP contribution in [0.4, 0.5) is 5.13 Å². The lowest BCUT2D eigenvalue weighted by Crippen LogP contribution is -2.45. The summed E-state index contributed by atoms with van der Waals surface area (Å²) in [5, 5.41) is 0.589. The maximum atomic E-state index is 11.7. The fourth-order valence-electron chi connectivity index (χ4n) is 2.27. The molecular formula is C14H16N2O2S2. The molecule has 1 aliphatic heterocycles. The Morgan fingerprint density at radius 2 is 2.05 bits per heavy atom. The molecular weight excluding hydrogens is 292 g/mol. The van der Waals surface area contributed by atoms with Crippen molar-refractivity contribution >= 4 is 26.3 Å². The van der Waals surface area contributed by atoms with E-state index in [-0.39, 0.29) is 11.0 Å². The molecule has 0 unspecified atom stereocenters. The molecule has 0 N–H and O–H groups in total. The summed E-state index contributed by atoms with van der Waals surface area (Å²) in [7, 11) is -2.91. The quantitative estimate of drug-likeness (QED) is 0.855. The average molecular weight is 308 g/mol. The molecule has 1 saturated heterocycles. The number of hydrogen-bond donors (Lipinski definition) is 0. The minimum Gasteiger partial charge on any atom is -0.346 e. The smallest absolute Gasteiger partial charge is 0.185 e. The van der Waals surface area contributed by atoms with Gasteiger partial charge in [0.1, 0.15) is 0 Å². The monoisotopic (exact) mass is 308 g/mol. The molecule has 0 spiro atoms. The lowest BCUT2D eigenvalue weighted by molar-refractivity contribution is 0.569. The van der Waals surface area contributed by atoms with Gasteiger partial charge in [0, 0.05) is 19.3 Å². The van der Waals surface area contributed by atoms with Gasteiger partial charge < -0.3 is 4.90 Å². The summed E-state index contributed by atoms with van der Waals surface area (Å²) in [6.45, 7) is 2.84. The molecule has 20 heavy (non-hydrogen) atoms. The van der Waals surface area contributed by atoms with Gasteiger partial charge in [-0.3, -0.25) is 0 Å². The number of nitrogens with zero attached hydrogens (tertiary/aromatic N) is 2. The van der Waals surface area contributed by atoms with Gasteiger partial charge in [0.25, 0.3) is 0 Å². The zero-order valence-corrected chi connectivity index (χ0v) is 12.8. The van der Waals surface area contributed by atoms with Gasteiger partial charge in [-0.25, -0.2) is 13.4 Å². The molecule has 0 bridgehead atoms.